The third kappa shape index (κ3) is 5.77. The maximum Gasteiger partial charge on any atom is 0.341 e. The fourth-order valence-electron chi connectivity index (χ4n) is 1.51. The molecular weight excluding hydrogens is 375 g/mol. The molecule has 0 aliphatic rings. The van der Waals surface area contributed by atoms with E-state index in [1.165, 1.54) is 45.6 Å². The Labute approximate surface area is 152 Å². The Morgan fingerprint density at radius 3 is 2.00 bits per heavy atom. The topological polar surface area (TPSA) is 108 Å². The number of esters is 2. The van der Waals surface area contributed by atoms with Gasteiger partial charge in [0.2, 0.25) is 11.4 Å². The third-order valence-electron chi connectivity index (χ3n) is 2.71. The predicted molar refractivity (Wildman–Crippen MR) is 90.6 cm³/mol. The first-order valence-corrected chi connectivity index (χ1v) is 7.35. The molecule has 1 N–H and O–H groups in total. The van der Waals surface area contributed by atoms with E-state index >= 15 is 0 Å². The minimum atomic E-state index is -0.573. The lowest BCUT2D eigenvalue weighted by Crippen LogP contribution is -2.09. The highest BCUT2D eigenvalue weighted by Crippen LogP contribution is 2.18. The highest BCUT2D eigenvalue weighted by Gasteiger charge is 2.12. The number of nitrogens with one attached hydrogen (secondary N) is 1. The highest BCUT2D eigenvalue weighted by atomic mass is 35.5. The number of rotatable bonds is 3. The van der Waals surface area contributed by atoms with E-state index in [1.807, 2.05) is 0 Å². The van der Waals surface area contributed by atoms with Crippen molar-refractivity contribution in [3.63, 3.8) is 0 Å². The number of hydrogen-bond donors (Lipinski definition) is 1. The summed E-state index contributed by atoms with van der Waals surface area (Å²) in [7, 11) is 3.99. The van der Waals surface area contributed by atoms with Crippen molar-refractivity contribution in [3.8, 4) is 5.88 Å². The Kier molecular flexibility index (Phi) is 7.90. The molecule has 0 bridgehead atoms. The molecule has 2 aromatic rings. The van der Waals surface area contributed by atoms with Crippen molar-refractivity contribution >= 4 is 35.1 Å². The highest BCUT2D eigenvalue weighted by molar-refractivity contribution is 6.32. The van der Waals surface area contributed by atoms with Crippen molar-refractivity contribution in [1.82, 2.24) is 9.97 Å². The van der Waals surface area contributed by atoms with Crippen molar-refractivity contribution < 1.29 is 23.8 Å². The minimum Gasteiger partial charge on any atom is -0.481 e. The van der Waals surface area contributed by atoms with Gasteiger partial charge < -0.3 is 19.2 Å². The van der Waals surface area contributed by atoms with Gasteiger partial charge in [0.05, 0.1) is 32.5 Å². The smallest absolute Gasteiger partial charge is 0.341 e. The Morgan fingerprint density at radius 1 is 0.960 bits per heavy atom. The average Bonchev–Trinajstić information content (AvgIpc) is 2.60. The van der Waals surface area contributed by atoms with Crippen LogP contribution in [-0.2, 0) is 9.47 Å². The zero-order chi connectivity index (χ0) is 19.0. The Bertz CT molecular complexity index is 822. The van der Waals surface area contributed by atoms with Crippen LogP contribution in [0, 0.1) is 0 Å². The van der Waals surface area contributed by atoms with Gasteiger partial charge in [-0.05, 0) is 12.1 Å². The first kappa shape index (κ1) is 20.5. The molecule has 0 atom stereocenters. The Balaban J connectivity index is 0.000000251. The summed E-state index contributed by atoms with van der Waals surface area (Å²) < 4.78 is 13.7. The molecule has 0 saturated carbocycles. The van der Waals surface area contributed by atoms with Crippen LogP contribution in [0.2, 0.25) is 10.3 Å². The number of aromatic nitrogens is 2. The number of halogens is 2. The van der Waals surface area contributed by atoms with Crippen LogP contribution in [0.15, 0.2) is 29.1 Å². The third-order valence-corrected chi connectivity index (χ3v) is 3.30. The van der Waals surface area contributed by atoms with Crippen LogP contribution in [0.3, 0.4) is 0 Å². The lowest BCUT2D eigenvalue weighted by molar-refractivity contribution is 0.0591. The van der Waals surface area contributed by atoms with Crippen molar-refractivity contribution in [1.29, 1.82) is 0 Å². The van der Waals surface area contributed by atoms with Gasteiger partial charge in [0.15, 0.2) is 0 Å². The summed E-state index contributed by atoms with van der Waals surface area (Å²) in [5.74, 6) is -0.728. The molecule has 2 rings (SSSR count). The van der Waals surface area contributed by atoms with E-state index in [2.05, 4.69) is 19.4 Å². The number of pyridine rings is 2. The quantitative estimate of drug-likeness (QED) is 0.634. The van der Waals surface area contributed by atoms with Gasteiger partial charge in [0, 0.05) is 12.1 Å². The van der Waals surface area contributed by atoms with Gasteiger partial charge in [0.25, 0.3) is 0 Å². The van der Waals surface area contributed by atoms with Crippen LogP contribution in [-0.4, -0.2) is 43.2 Å². The normalized spacial score (nSPS) is 9.48. The average molecular weight is 389 g/mol. The van der Waals surface area contributed by atoms with Crippen molar-refractivity contribution in [2.24, 2.45) is 0 Å². The molecule has 0 aliphatic carbocycles. The zero-order valence-electron chi connectivity index (χ0n) is 13.5. The molecule has 25 heavy (non-hydrogen) atoms. The summed E-state index contributed by atoms with van der Waals surface area (Å²) in [6.45, 7) is 0. The van der Waals surface area contributed by atoms with Gasteiger partial charge in [-0.1, -0.05) is 23.2 Å². The van der Waals surface area contributed by atoms with Crippen molar-refractivity contribution in [2.75, 3.05) is 21.3 Å². The van der Waals surface area contributed by atoms with E-state index in [4.69, 9.17) is 27.9 Å². The maximum atomic E-state index is 11.0. The lowest BCUT2D eigenvalue weighted by Gasteiger charge is -2.02. The fraction of sp³-hybridized carbons (Fsp3) is 0.200. The summed E-state index contributed by atoms with van der Waals surface area (Å²) >= 11 is 11.2. The van der Waals surface area contributed by atoms with Crippen LogP contribution in [0.25, 0.3) is 0 Å². The van der Waals surface area contributed by atoms with Crippen LogP contribution in [0.1, 0.15) is 20.7 Å². The van der Waals surface area contributed by atoms with E-state index < -0.39 is 11.9 Å². The van der Waals surface area contributed by atoms with Gasteiger partial charge in [-0.2, -0.15) is 0 Å². The van der Waals surface area contributed by atoms with E-state index in [0.717, 1.165) is 0 Å². The molecule has 0 unspecified atom stereocenters. The van der Waals surface area contributed by atoms with Crippen LogP contribution < -0.4 is 10.3 Å². The summed E-state index contributed by atoms with van der Waals surface area (Å²) in [6.07, 6.45) is 0. The Morgan fingerprint density at radius 2 is 1.52 bits per heavy atom. The largest absolute Gasteiger partial charge is 0.481 e. The van der Waals surface area contributed by atoms with E-state index in [-0.39, 0.29) is 27.0 Å². The SMILES string of the molecule is COC(=O)c1ccc(=O)[nH]c1Cl.COC(=O)c1ccc(OC)nc1Cl. The number of nitrogens with zero attached hydrogens (tertiary/aromatic N) is 1. The molecule has 2 heterocycles. The zero-order valence-corrected chi connectivity index (χ0v) is 15.0. The first-order valence-electron chi connectivity index (χ1n) is 6.60. The fourth-order valence-corrected chi connectivity index (χ4v) is 1.97. The second-order valence-corrected chi connectivity index (χ2v) is 4.96. The number of aromatic amines is 1. The van der Waals surface area contributed by atoms with E-state index in [9.17, 15) is 14.4 Å². The maximum absolute atomic E-state index is 11.0. The molecule has 0 amide bonds. The summed E-state index contributed by atoms with van der Waals surface area (Å²) in [5.41, 5.74) is 0.0244. The van der Waals surface area contributed by atoms with Gasteiger partial charge in [0.1, 0.15) is 10.3 Å². The molecule has 2 aromatic heterocycles. The minimum absolute atomic E-state index is 0.00523. The molecule has 0 aliphatic heterocycles. The van der Waals surface area contributed by atoms with Gasteiger partial charge >= 0.3 is 11.9 Å². The van der Waals surface area contributed by atoms with Crippen LogP contribution in [0.4, 0.5) is 0 Å². The monoisotopic (exact) mass is 388 g/mol. The molecule has 0 radical (unpaired) electrons. The Hall–Kier alpha value is -2.58. The molecule has 8 nitrogen and oxygen atoms in total. The molecular formula is C15H14Cl2N2O6. The first-order chi connectivity index (χ1) is 11.8. The molecule has 0 spiro atoms. The van der Waals surface area contributed by atoms with Crippen molar-refractivity contribution in [3.05, 3.63) is 56.1 Å². The summed E-state index contributed by atoms with van der Waals surface area (Å²) in [6, 6.07) is 5.56. The molecule has 10 heteroatoms. The van der Waals surface area contributed by atoms with E-state index in [1.54, 1.807) is 0 Å². The molecule has 0 saturated heterocycles. The number of carbonyl (C=O) groups excluding carboxylic acids is 2. The van der Waals surface area contributed by atoms with Gasteiger partial charge in [-0.25, -0.2) is 14.6 Å². The molecule has 0 aromatic carbocycles. The number of ether oxygens (including phenoxy) is 3. The lowest BCUT2D eigenvalue weighted by atomic mass is 10.3. The predicted octanol–water partition coefficient (Wildman–Crippen LogP) is 2.35. The van der Waals surface area contributed by atoms with Gasteiger partial charge in [-0.3, -0.25) is 4.79 Å². The second-order valence-electron chi connectivity index (χ2n) is 4.23. The van der Waals surface area contributed by atoms with Gasteiger partial charge in [-0.15, -0.1) is 0 Å². The summed E-state index contributed by atoms with van der Waals surface area (Å²) in [5, 5.41) is 0.0700. The summed E-state index contributed by atoms with van der Waals surface area (Å²) in [4.78, 5) is 38.7. The van der Waals surface area contributed by atoms with Crippen molar-refractivity contribution in [2.45, 2.75) is 0 Å². The number of H-pyrrole nitrogens is 1. The molecule has 0 fully saturated rings. The number of methoxy groups -OCH3 is 3. The van der Waals surface area contributed by atoms with E-state index in [0.29, 0.717) is 5.88 Å². The van der Waals surface area contributed by atoms with Crippen LogP contribution in [0.5, 0.6) is 5.88 Å². The standard InChI is InChI=1S/C8H8ClNO3.C7H6ClNO3/c1-12-6-4-3-5(7(9)10-6)8(11)13-2;1-12-7(11)4-2-3-5(10)9-6(4)8/h3-4H,1-2H3;2-3H,1H3,(H,9,10). The number of hydrogen-bond acceptors (Lipinski definition) is 7. The van der Waals surface area contributed by atoms with Crippen LogP contribution >= 0.6 is 23.2 Å². The molecule has 134 valence electrons. The second kappa shape index (κ2) is 9.65. The number of carbonyl (C=O) groups is 2.